The van der Waals surface area contributed by atoms with Gasteiger partial charge in [-0.15, -0.1) is 0 Å². The smallest absolute Gasteiger partial charge is 0.228 e. The van der Waals surface area contributed by atoms with E-state index in [1.54, 1.807) is 0 Å². The fourth-order valence-corrected chi connectivity index (χ4v) is 1.58. The predicted octanol–water partition coefficient (Wildman–Crippen LogP) is 1.09. The summed E-state index contributed by atoms with van der Waals surface area (Å²) in [6.45, 7) is 3.61. The largest absolute Gasteiger partial charge is 0.374 e. The fourth-order valence-electron chi connectivity index (χ4n) is 1.58. The maximum absolute atomic E-state index is 5.32. The van der Waals surface area contributed by atoms with Crippen LogP contribution in [0.2, 0.25) is 0 Å². The van der Waals surface area contributed by atoms with Gasteiger partial charge in [0.1, 0.15) is 18.2 Å². The summed E-state index contributed by atoms with van der Waals surface area (Å²) in [6.07, 6.45) is 2.03. The van der Waals surface area contributed by atoms with Crippen LogP contribution in [0, 0.1) is 0 Å². The molecule has 8 nitrogen and oxygen atoms in total. The van der Waals surface area contributed by atoms with Crippen molar-refractivity contribution in [1.29, 1.82) is 0 Å². The van der Waals surface area contributed by atoms with Crippen molar-refractivity contribution in [3.05, 3.63) is 24.1 Å². The number of nitrogens with one attached hydrogen (secondary N) is 2. The third-order valence-corrected chi connectivity index (χ3v) is 2.52. The van der Waals surface area contributed by atoms with E-state index in [-0.39, 0.29) is 0 Å². The van der Waals surface area contributed by atoms with Crippen molar-refractivity contribution in [3.8, 4) is 0 Å². The van der Waals surface area contributed by atoms with Gasteiger partial charge in [-0.3, -0.25) is 0 Å². The molecule has 0 aromatic carbocycles. The zero-order chi connectivity index (χ0) is 14.2. The topological polar surface area (TPSA) is 98.0 Å². The summed E-state index contributed by atoms with van der Waals surface area (Å²) in [5.74, 6) is 2.71. The summed E-state index contributed by atoms with van der Waals surface area (Å²) in [7, 11) is 1.81. The lowest BCUT2D eigenvalue weighted by Gasteiger charge is -2.09. The zero-order valence-corrected chi connectivity index (χ0v) is 11.6. The van der Waals surface area contributed by atoms with Gasteiger partial charge in [-0.25, -0.2) is 9.97 Å². The molecule has 108 valence electrons. The standard InChI is InChI=1S/C12H18N6O2/c1-3-19-7-11-17-9(13-2)6-10(18-11)14-5-4-12-15-8-16-20-12/h6,8H,3-5,7H2,1-2H3,(H2,13,14,17,18). The van der Waals surface area contributed by atoms with E-state index in [2.05, 4.69) is 30.7 Å². The first-order valence-electron chi connectivity index (χ1n) is 6.44. The number of hydrogen-bond acceptors (Lipinski definition) is 8. The van der Waals surface area contributed by atoms with Crippen LogP contribution in [0.4, 0.5) is 11.6 Å². The first kappa shape index (κ1) is 14.2. The molecule has 0 atom stereocenters. The number of anilines is 2. The van der Waals surface area contributed by atoms with Crippen molar-refractivity contribution >= 4 is 11.6 Å². The van der Waals surface area contributed by atoms with Crippen molar-refractivity contribution < 1.29 is 9.26 Å². The normalized spacial score (nSPS) is 10.5. The average molecular weight is 278 g/mol. The van der Waals surface area contributed by atoms with Gasteiger partial charge < -0.3 is 19.9 Å². The van der Waals surface area contributed by atoms with Gasteiger partial charge in [0.15, 0.2) is 12.2 Å². The minimum Gasteiger partial charge on any atom is -0.374 e. The molecule has 8 heteroatoms. The van der Waals surface area contributed by atoms with Crippen molar-refractivity contribution in [3.63, 3.8) is 0 Å². The molecule has 20 heavy (non-hydrogen) atoms. The van der Waals surface area contributed by atoms with Gasteiger partial charge >= 0.3 is 0 Å². The molecule has 2 N–H and O–H groups in total. The summed E-state index contributed by atoms with van der Waals surface area (Å²) in [5, 5.41) is 9.76. The second-order valence-electron chi connectivity index (χ2n) is 3.95. The first-order valence-corrected chi connectivity index (χ1v) is 6.44. The van der Waals surface area contributed by atoms with E-state index in [0.29, 0.717) is 37.9 Å². The van der Waals surface area contributed by atoms with E-state index in [9.17, 15) is 0 Å². The van der Waals surface area contributed by atoms with Crippen molar-refractivity contribution in [2.24, 2.45) is 0 Å². The van der Waals surface area contributed by atoms with E-state index >= 15 is 0 Å². The number of ether oxygens (including phenoxy) is 1. The molecule has 2 heterocycles. The fraction of sp³-hybridized carbons (Fsp3) is 0.500. The summed E-state index contributed by atoms with van der Waals surface area (Å²) in [6, 6.07) is 1.84. The molecule has 0 aliphatic rings. The highest BCUT2D eigenvalue weighted by atomic mass is 16.5. The molecule has 0 amide bonds. The summed E-state index contributed by atoms with van der Waals surface area (Å²) < 4.78 is 10.3. The van der Waals surface area contributed by atoms with Crippen LogP contribution in [0.5, 0.6) is 0 Å². The van der Waals surface area contributed by atoms with E-state index in [0.717, 1.165) is 11.6 Å². The summed E-state index contributed by atoms with van der Waals surface area (Å²) in [4.78, 5) is 12.7. The Hall–Kier alpha value is -2.22. The van der Waals surface area contributed by atoms with Gasteiger partial charge in [0.25, 0.3) is 0 Å². The highest BCUT2D eigenvalue weighted by molar-refractivity contribution is 5.47. The number of nitrogens with zero attached hydrogens (tertiary/aromatic N) is 4. The molecule has 2 aromatic rings. The second-order valence-corrected chi connectivity index (χ2v) is 3.95. The molecule has 0 aliphatic heterocycles. The van der Waals surface area contributed by atoms with Crippen molar-refractivity contribution in [2.75, 3.05) is 30.8 Å². The molecule has 0 radical (unpaired) electrons. The molecule has 0 saturated heterocycles. The maximum atomic E-state index is 5.32. The second kappa shape index (κ2) is 7.39. The Morgan fingerprint density at radius 2 is 2.15 bits per heavy atom. The maximum Gasteiger partial charge on any atom is 0.228 e. The van der Waals surface area contributed by atoms with Crippen LogP contribution in [0.3, 0.4) is 0 Å². The Morgan fingerprint density at radius 1 is 1.30 bits per heavy atom. The van der Waals surface area contributed by atoms with Gasteiger partial charge in [-0.1, -0.05) is 5.16 Å². The quantitative estimate of drug-likeness (QED) is 0.740. The average Bonchev–Trinajstić information content (AvgIpc) is 2.98. The molecule has 0 bridgehead atoms. The van der Waals surface area contributed by atoms with Crippen LogP contribution in [0.25, 0.3) is 0 Å². The van der Waals surface area contributed by atoms with Crippen LogP contribution in [-0.4, -0.2) is 40.3 Å². The van der Waals surface area contributed by atoms with Gasteiger partial charge in [-0.2, -0.15) is 4.98 Å². The first-order chi connectivity index (χ1) is 9.81. The minimum absolute atomic E-state index is 0.393. The van der Waals surface area contributed by atoms with E-state index in [1.807, 2.05) is 20.0 Å². The highest BCUT2D eigenvalue weighted by Gasteiger charge is 2.05. The van der Waals surface area contributed by atoms with Crippen LogP contribution in [0.1, 0.15) is 18.6 Å². The van der Waals surface area contributed by atoms with E-state index < -0.39 is 0 Å². The predicted molar refractivity (Wildman–Crippen MR) is 73.4 cm³/mol. The number of hydrogen-bond donors (Lipinski definition) is 2. The van der Waals surface area contributed by atoms with Crippen molar-refractivity contribution in [1.82, 2.24) is 20.1 Å². The molecular formula is C12H18N6O2. The molecule has 0 fully saturated rings. The third kappa shape index (κ3) is 4.16. The number of aromatic nitrogens is 4. The molecule has 2 rings (SSSR count). The lowest BCUT2D eigenvalue weighted by atomic mass is 10.4. The lowest BCUT2D eigenvalue weighted by molar-refractivity contribution is 0.128. The molecule has 0 unspecified atom stereocenters. The van der Waals surface area contributed by atoms with E-state index in [1.165, 1.54) is 6.33 Å². The molecule has 0 aliphatic carbocycles. The SMILES string of the molecule is CCOCc1nc(NC)cc(NCCc2ncno2)n1. The van der Waals surface area contributed by atoms with Gasteiger partial charge in [0.05, 0.1) is 0 Å². The van der Waals surface area contributed by atoms with E-state index in [4.69, 9.17) is 9.26 Å². The molecule has 2 aromatic heterocycles. The van der Waals surface area contributed by atoms with Gasteiger partial charge in [-0.05, 0) is 6.92 Å². The van der Waals surface area contributed by atoms with Crippen molar-refractivity contribution in [2.45, 2.75) is 20.0 Å². The number of rotatable bonds is 8. The molecule has 0 saturated carbocycles. The monoisotopic (exact) mass is 278 g/mol. The Kier molecular flexibility index (Phi) is 5.24. The Bertz CT molecular complexity index is 517. The van der Waals surface area contributed by atoms with Gasteiger partial charge in [0, 0.05) is 32.7 Å². The van der Waals surface area contributed by atoms with Crippen LogP contribution in [0.15, 0.2) is 16.9 Å². The Labute approximate surface area is 117 Å². The summed E-state index contributed by atoms with van der Waals surface area (Å²) >= 11 is 0. The van der Waals surface area contributed by atoms with Crippen LogP contribution in [-0.2, 0) is 17.8 Å². The molecule has 0 spiro atoms. The molecular weight excluding hydrogens is 260 g/mol. The minimum atomic E-state index is 0.393. The van der Waals surface area contributed by atoms with Gasteiger partial charge in [0.2, 0.25) is 5.89 Å². The Morgan fingerprint density at radius 3 is 2.85 bits per heavy atom. The van der Waals surface area contributed by atoms with Crippen LogP contribution < -0.4 is 10.6 Å². The third-order valence-electron chi connectivity index (χ3n) is 2.52. The summed E-state index contributed by atoms with van der Waals surface area (Å²) in [5.41, 5.74) is 0. The zero-order valence-electron chi connectivity index (χ0n) is 11.6. The lowest BCUT2D eigenvalue weighted by Crippen LogP contribution is -2.10. The van der Waals surface area contributed by atoms with Crippen LogP contribution >= 0.6 is 0 Å². The Balaban J connectivity index is 1.94. The highest BCUT2D eigenvalue weighted by Crippen LogP contribution is 2.11.